The zero-order valence-corrected chi connectivity index (χ0v) is 10.5. The van der Waals surface area contributed by atoms with E-state index < -0.39 is 5.82 Å². The minimum absolute atomic E-state index is 0.0912. The number of rotatable bonds is 4. The number of carbonyl (C=O) groups is 1. The summed E-state index contributed by atoms with van der Waals surface area (Å²) in [5, 5.41) is 5.26. The maximum Gasteiger partial charge on any atom is 0.319 e. The standard InChI is InChI=1S/C13H19FN2O/c1-4-5-10(3)15-13(17)16-12-7-6-9(2)8-11(12)14/h6-8,10H,4-5H2,1-3H3,(H2,15,16,17). The predicted molar refractivity (Wildman–Crippen MR) is 67.7 cm³/mol. The van der Waals surface area contributed by atoms with Crippen molar-refractivity contribution in [3.63, 3.8) is 0 Å². The molecule has 2 N–H and O–H groups in total. The number of aryl methyl sites for hydroxylation is 1. The molecule has 17 heavy (non-hydrogen) atoms. The number of nitrogens with one attached hydrogen (secondary N) is 2. The molecule has 0 saturated heterocycles. The van der Waals surface area contributed by atoms with E-state index in [1.54, 1.807) is 19.1 Å². The Morgan fingerprint density at radius 1 is 1.47 bits per heavy atom. The lowest BCUT2D eigenvalue weighted by molar-refractivity contribution is 0.248. The van der Waals surface area contributed by atoms with Gasteiger partial charge in [0.05, 0.1) is 5.69 Å². The molecule has 0 heterocycles. The highest BCUT2D eigenvalue weighted by Gasteiger charge is 2.09. The molecule has 1 aromatic rings. The van der Waals surface area contributed by atoms with Gasteiger partial charge in [-0.3, -0.25) is 0 Å². The normalized spacial score (nSPS) is 12.0. The van der Waals surface area contributed by atoms with Gasteiger partial charge in [0.25, 0.3) is 0 Å². The molecule has 3 nitrogen and oxygen atoms in total. The molecule has 0 bridgehead atoms. The first-order valence-corrected chi connectivity index (χ1v) is 5.86. The molecule has 0 aliphatic heterocycles. The van der Waals surface area contributed by atoms with Crippen molar-refractivity contribution in [3.05, 3.63) is 29.6 Å². The summed E-state index contributed by atoms with van der Waals surface area (Å²) >= 11 is 0. The SMILES string of the molecule is CCCC(C)NC(=O)Nc1ccc(C)cc1F. The molecule has 0 aromatic heterocycles. The second kappa shape index (κ2) is 6.23. The van der Waals surface area contributed by atoms with Crippen LogP contribution in [0.5, 0.6) is 0 Å². The Balaban J connectivity index is 2.56. The van der Waals surface area contributed by atoms with Gasteiger partial charge in [0.2, 0.25) is 0 Å². The summed E-state index contributed by atoms with van der Waals surface area (Å²) in [7, 11) is 0. The summed E-state index contributed by atoms with van der Waals surface area (Å²) in [5.41, 5.74) is 1.03. The largest absolute Gasteiger partial charge is 0.335 e. The van der Waals surface area contributed by atoms with Crippen molar-refractivity contribution < 1.29 is 9.18 Å². The highest BCUT2D eigenvalue weighted by Crippen LogP contribution is 2.14. The van der Waals surface area contributed by atoms with E-state index in [9.17, 15) is 9.18 Å². The number of urea groups is 1. The van der Waals surface area contributed by atoms with E-state index in [-0.39, 0.29) is 17.8 Å². The third-order valence-electron chi connectivity index (χ3n) is 2.47. The van der Waals surface area contributed by atoms with Crippen molar-refractivity contribution in [2.24, 2.45) is 0 Å². The first-order valence-electron chi connectivity index (χ1n) is 5.86. The number of amides is 2. The van der Waals surface area contributed by atoms with Crippen LogP contribution in [0.3, 0.4) is 0 Å². The van der Waals surface area contributed by atoms with Gasteiger partial charge in [-0.15, -0.1) is 0 Å². The summed E-state index contributed by atoms with van der Waals surface area (Å²) in [6.45, 7) is 5.78. The maximum absolute atomic E-state index is 13.5. The monoisotopic (exact) mass is 238 g/mol. The van der Waals surface area contributed by atoms with Crippen molar-refractivity contribution in [1.82, 2.24) is 5.32 Å². The van der Waals surface area contributed by atoms with Gasteiger partial charge < -0.3 is 10.6 Å². The first-order chi connectivity index (χ1) is 8.02. The fourth-order valence-electron chi connectivity index (χ4n) is 1.61. The Kier molecular flexibility index (Phi) is 4.94. The highest BCUT2D eigenvalue weighted by molar-refractivity contribution is 5.89. The van der Waals surface area contributed by atoms with Crippen molar-refractivity contribution >= 4 is 11.7 Å². The summed E-state index contributed by atoms with van der Waals surface area (Å²) < 4.78 is 13.5. The van der Waals surface area contributed by atoms with Crippen LogP contribution in [0.4, 0.5) is 14.9 Å². The van der Waals surface area contributed by atoms with E-state index in [0.717, 1.165) is 18.4 Å². The summed E-state index contributed by atoms with van der Waals surface area (Å²) in [6, 6.07) is 4.44. The molecule has 0 saturated carbocycles. The van der Waals surface area contributed by atoms with Gasteiger partial charge in [-0.05, 0) is 38.0 Å². The number of carbonyl (C=O) groups excluding carboxylic acids is 1. The van der Waals surface area contributed by atoms with Crippen LogP contribution in [-0.4, -0.2) is 12.1 Å². The van der Waals surface area contributed by atoms with Gasteiger partial charge >= 0.3 is 6.03 Å². The number of benzene rings is 1. The van der Waals surface area contributed by atoms with Crippen LogP contribution in [0.1, 0.15) is 32.3 Å². The van der Waals surface area contributed by atoms with Gasteiger partial charge in [-0.2, -0.15) is 0 Å². The Morgan fingerprint density at radius 3 is 2.76 bits per heavy atom. The molecule has 1 atom stereocenters. The van der Waals surface area contributed by atoms with Crippen LogP contribution < -0.4 is 10.6 Å². The second-order valence-electron chi connectivity index (χ2n) is 4.27. The molecule has 0 radical (unpaired) electrons. The number of anilines is 1. The average Bonchev–Trinajstić information content (AvgIpc) is 2.22. The Hall–Kier alpha value is -1.58. The molecule has 1 aromatic carbocycles. The third kappa shape index (κ3) is 4.43. The molecule has 0 fully saturated rings. The molecular formula is C13H19FN2O. The Morgan fingerprint density at radius 2 is 2.18 bits per heavy atom. The third-order valence-corrected chi connectivity index (χ3v) is 2.47. The van der Waals surface area contributed by atoms with E-state index in [1.165, 1.54) is 6.07 Å². The van der Waals surface area contributed by atoms with E-state index in [2.05, 4.69) is 17.6 Å². The molecular weight excluding hydrogens is 219 g/mol. The number of hydrogen-bond acceptors (Lipinski definition) is 1. The van der Waals surface area contributed by atoms with Crippen molar-refractivity contribution in [3.8, 4) is 0 Å². The van der Waals surface area contributed by atoms with E-state index in [0.29, 0.717) is 0 Å². The minimum Gasteiger partial charge on any atom is -0.335 e. The van der Waals surface area contributed by atoms with Crippen LogP contribution >= 0.6 is 0 Å². The molecule has 0 spiro atoms. The van der Waals surface area contributed by atoms with Crippen molar-refractivity contribution in [1.29, 1.82) is 0 Å². The molecule has 1 unspecified atom stereocenters. The van der Waals surface area contributed by atoms with Crippen LogP contribution in [0.15, 0.2) is 18.2 Å². The van der Waals surface area contributed by atoms with Crippen molar-refractivity contribution in [2.75, 3.05) is 5.32 Å². The Labute approximate surface area is 101 Å². The lowest BCUT2D eigenvalue weighted by Crippen LogP contribution is -2.36. The average molecular weight is 238 g/mol. The molecule has 2 amide bonds. The molecule has 0 aliphatic rings. The quantitative estimate of drug-likeness (QED) is 0.828. The van der Waals surface area contributed by atoms with E-state index in [1.807, 2.05) is 6.92 Å². The van der Waals surface area contributed by atoms with Gasteiger partial charge in [0, 0.05) is 6.04 Å². The zero-order chi connectivity index (χ0) is 12.8. The fraction of sp³-hybridized carbons (Fsp3) is 0.462. The van der Waals surface area contributed by atoms with Gasteiger partial charge in [-0.1, -0.05) is 19.4 Å². The molecule has 94 valence electrons. The smallest absolute Gasteiger partial charge is 0.319 e. The van der Waals surface area contributed by atoms with Crippen LogP contribution in [-0.2, 0) is 0 Å². The summed E-state index contributed by atoms with van der Waals surface area (Å²) in [5.74, 6) is -0.414. The zero-order valence-electron chi connectivity index (χ0n) is 10.5. The lowest BCUT2D eigenvalue weighted by Gasteiger charge is -2.14. The molecule has 1 rings (SSSR count). The minimum atomic E-state index is -0.414. The van der Waals surface area contributed by atoms with Gasteiger partial charge in [0.1, 0.15) is 5.82 Å². The topological polar surface area (TPSA) is 41.1 Å². The van der Waals surface area contributed by atoms with Gasteiger partial charge in [-0.25, -0.2) is 9.18 Å². The summed E-state index contributed by atoms with van der Waals surface area (Å²) in [6.07, 6.45) is 1.91. The number of halogens is 1. The van der Waals surface area contributed by atoms with Crippen LogP contribution in [0, 0.1) is 12.7 Å². The predicted octanol–water partition coefficient (Wildman–Crippen LogP) is 3.44. The van der Waals surface area contributed by atoms with Crippen LogP contribution in [0.2, 0.25) is 0 Å². The second-order valence-corrected chi connectivity index (χ2v) is 4.27. The van der Waals surface area contributed by atoms with Crippen LogP contribution in [0.25, 0.3) is 0 Å². The summed E-state index contributed by atoms with van der Waals surface area (Å²) in [4.78, 5) is 11.5. The highest BCUT2D eigenvalue weighted by atomic mass is 19.1. The van der Waals surface area contributed by atoms with Crippen molar-refractivity contribution in [2.45, 2.75) is 39.7 Å². The molecule has 4 heteroatoms. The number of hydrogen-bond donors (Lipinski definition) is 2. The van der Waals surface area contributed by atoms with E-state index in [4.69, 9.17) is 0 Å². The maximum atomic E-state index is 13.5. The van der Waals surface area contributed by atoms with Gasteiger partial charge in [0.15, 0.2) is 0 Å². The first kappa shape index (κ1) is 13.5. The lowest BCUT2D eigenvalue weighted by atomic mass is 10.2. The fourth-order valence-corrected chi connectivity index (χ4v) is 1.61. The van der Waals surface area contributed by atoms with E-state index >= 15 is 0 Å². The molecule has 0 aliphatic carbocycles. The Bertz CT molecular complexity index is 393.